The van der Waals surface area contributed by atoms with Gasteiger partial charge in [0, 0.05) is 5.02 Å². The maximum absolute atomic E-state index is 14.0. The number of nitrogens with zero attached hydrogens (tertiary/aromatic N) is 3. The summed E-state index contributed by atoms with van der Waals surface area (Å²) in [6.45, 7) is -0.0732. The van der Waals surface area contributed by atoms with Gasteiger partial charge in [-0.05, 0) is 37.0 Å². The van der Waals surface area contributed by atoms with Gasteiger partial charge in [-0.25, -0.2) is 9.18 Å². The van der Waals surface area contributed by atoms with Gasteiger partial charge in [-0.15, -0.1) is 9.90 Å². The summed E-state index contributed by atoms with van der Waals surface area (Å²) < 4.78 is 14.0. The molecule has 1 aromatic heterocycles. The molecule has 0 bridgehead atoms. The number of imide groups is 1. The van der Waals surface area contributed by atoms with Crippen LogP contribution < -0.4 is 16.0 Å². The minimum Gasteiger partial charge on any atom is -0.348 e. The van der Waals surface area contributed by atoms with Crippen LogP contribution in [-0.2, 0) is 4.79 Å². The third-order valence-corrected chi connectivity index (χ3v) is 4.86. The van der Waals surface area contributed by atoms with Gasteiger partial charge < -0.3 is 10.6 Å². The lowest BCUT2D eigenvalue weighted by Crippen LogP contribution is -2.57. The smallest absolute Gasteiger partial charge is 0.322 e. The van der Waals surface area contributed by atoms with Crippen LogP contribution in [0.3, 0.4) is 0 Å². The highest BCUT2D eigenvalue weighted by Gasteiger charge is 2.56. The lowest BCUT2D eigenvalue weighted by molar-refractivity contribution is -0.124. The van der Waals surface area contributed by atoms with Gasteiger partial charge in [0.05, 0.1) is 12.7 Å². The summed E-state index contributed by atoms with van der Waals surface area (Å²) in [5.41, 5.74) is -1.17. The first kappa shape index (κ1) is 17.4. The number of amides is 4. The predicted octanol–water partition coefficient (Wildman–Crippen LogP) is 0.778. The minimum atomic E-state index is -1.15. The topological polar surface area (TPSA) is 118 Å². The maximum atomic E-state index is 14.0. The number of urea groups is 1. The van der Waals surface area contributed by atoms with Crippen molar-refractivity contribution in [2.75, 3.05) is 6.54 Å². The van der Waals surface area contributed by atoms with E-state index in [9.17, 15) is 18.8 Å². The zero-order chi connectivity index (χ0) is 19.2. The van der Waals surface area contributed by atoms with E-state index in [1.54, 1.807) is 0 Å². The van der Waals surface area contributed by atoms with Gasteiger partial charge >= 0.3 is 6.03 Å². The molecule has 4 amide bonds. The van der Waals surface area contributed by atoms with E-state index in [1.165, 1.54) is 18.3 Å². The average molecular weight is 393 g/mol. The summed E-state index contributed by atoms with van der Waals surface area (Å²) in [4.78, 5) is 37.0. The molecule has 140 valence electrons. The lowest BCUT2D eigenvalue weighted by Gasteiger charge is -2.25. The molecule has 0 unspecified atom stereocenters. The minimum absolute atomic E-state index is 0.0249. The Morgan fingerprint density at radius 2 is 2.19 bits per heavy atom. The Morgan fingerprint density at radius 3 is 2.81 bits per heavy atom. The molecule has 9 nitrogen and oxygen atoms in total. The molecule has 2 aliphatic rings. The van der Waals surface area contributed by atoms with E-state index >= 15 is 0 Å². The first-order valence-electron chi connectivity index (χ1n) is 8.18. The molecular weight excluding hydrogens is 379 g/mol. The van der Waals surface area contributed by atoms with E-state index in [0.717, 1.165) is 23.7 Å². The number of carbonyl (C=O) groups is 3. The fourth-order valence-electron chi connectivity index (χ4n) is 3.07. The van der Waals surface area contributed by atoms with Gasteiger partial charge in [0.25, 0.3) is 11.8 Å². The standard InChI is InChI=1S/C16H14ClFN6O3/c17-9-3-4-12(10(18)5-9)24-20-6-11(23-24)13(25)19-7-16(8-1-2-8)14(26)21-15(27)22-16/h3-6,8H,1-2,7H2,(H,19,25)(H2,21,22,26,27)/t16-/m0/s1. The van der Waals surface area contributed by atoms with Gasteiger partial charge in [0.2, 0.25) is 0 Å². The number of benzene rings is 1. The van der Waals surface area contributed by atoms with E-state index in [1.807, 2.05) is 0 Å². The summed E-state index contributed by atoms with van der Waals surface area (Å²) in [5, 5.41) is 15.5. The summed E-state index contributed by atoms with van der Waals surface area (Å²) in [5.74, 6) is -1.71. The van der Waals surface area contributed by atoms with Crippen molar-refractivity contribution in [3.8, 4) is 5.69 Å². The number of nitrogens with one attached hydrogen (secondary N) is 3. The SMILES string of the molecule is O=C1NC(=O)[C@](CNC(=O)c2cnn(-c3ccc(Cl)cc3F)n2)(C2CC2)N1. The van der Waals surface area contributed by atoms with Crippen LogP contribution >= 0.6 is 11.6 Å². The zero-order valence-corrected chi connectivity index (χ0v) is 14.6. The summed E-state index contributed by atoms with van der Waals surface area (Å²) in [6.07, 6.45) is 2.76. The molecule has 2 heterocycles. The number of carbonyl (C=O) groups excluding carboxylic acids is 3. The molecule has 1 saturated heterocycles. The molecule has 2 fully saturated rings. The largest absolute Gasteiger partial charge is 0.348 e. The molecule has 1 atom stereocenters. The van der Waals surface area contributed by atoms with Crippen LogP contribution in [-0.4, -0.2) is 44.9 Å². The number of hydrogen-bond acceptors (Lipinski definition) is 5. The van der Waals surface area contributed by atoms with Crippen LogP contribution in [0.5, 0.6) is 0 Å². The van der Waals surface area contributed by atoms with Crippen LogP contribution in [0.1, 0.15) is 23.3 Å². The van der Waals surface area contributed by atoms with Gasteiger partial charge in [0.15, 0.2) is 11.5 Å². The van der Waals surface area contributed by atoms with E-state index in [2.05, 4.69) is 26.1 Å². The number of halogens is 2. The Hall–Kier alpha value is -3.01. The quantitative estimate of drug-likeness (QED) is 0.650. The molecule has 2 aromatic rings. The summed E-state index contributed by atoms with van der Waals surface area (Å²) in [7, 11) is 0. The van der Waals surface area contributed by atoms with E-state index < -0.39 is 29.2 Å². The van der Waals surface area contributed by atoms with Crippen molar-refractivity contribution in [3.05, 3.63) is 40.9 Å². The Labute approximate surface area is 157 Å². The van der Waals surface area contributed by atoms with E-state index in [4.69, 9.17) is 11.6 Å². The normalized spacial score (nSPS) is 21.7. The van der Waals surface area contributed by atoms with Crippen molar-refractivity contribution < 1.29 is 18.8 Å². The van der Waals surface area contributed by atoms with Crippen molar-refractivity contribution in [2.24, 2.45) is 5.92 Å². The van der Waals surface area contributed by atoms with Crippen LogP contribution in [0.15, 0.2) is 24.4 Å². The summed E-state index contributed by atoms with van der Waals surface area (Å²) in [6, 6.07) is 3.40. The molecule has 3 N–H and O–H groups in total. The average Bonchev–Trinajstić information content (AvgIpc) is 3.28. The number of rotatable bonds is 5. The van der Waals surface area contributed by atoms with Gasteiger partial charge in [0.1, 0.15) is 11.2 Å². The van der Waals surface area contributed by atoms with Crippen LogP contribution in [0, 0.1) is 11.7 Å². The van der Waals surface area contributed by atoms with Crippen molar-refractivity contribution in [1.82, 2.24) is 30.9 Å². The Bertz CT molecular complexity index is 959. The molecule has 0 radical (unpaired) electrons. The van der Waals surface area contributed by atoms with E-state index in [0.29, 0.717) is 0 Å². The van der Waals surface area contributed by atoms with Gasteiger partial charge in [-0.3, -0.25) is 14.9 Å². The van der Waals surface area contributed by atoms with Crippen molar-refractivity contribution >= 4 is 29.4 Å². The van der Waals surface area contributed by atoms with Crippen molar-refractivity contribution in [1.29, 1.82) is 0 Å². The van der Waals surface area contributed by atoms with E-state index in [-0.39, 0.29) is 28.9 Å². The molecule has 1 saturated carbocycles. The van der Waals surface area contributed by atoms with Crippen LogP contribution in [0.2, 0.25) is 5.02 Å². The Balaban J connectivity index is 1.48. The monoisotopic (exact) mass is 392 g/mol. The van der Waals surface area contributed by atoms with Crippen molar-refractivity contribution in [3.63, 3.8) is 0 Å². The predicted molar refractivity (Wildman–Crippen MR) is 90.8 cm³/mol. The Kier molecular flexibility index (Phi) is 4.06. The zero-order valence-electron chi connectivity index (χ0n) is 13.8. The highest BCUT2D eigenvalue weighted by molar-refractivity contribution is 6.30. The first-order chi connectivity index (χ1) is 12.9. The van der Waals surface area contributed by atoms with Crippen molar-refractivity contribution in [2.45, 2.75) is 18.4 Å². The fraction of sp³-hybridized carbons (Fsp3) is 0.312. The molecule has 1 aliphatic heterocycles. The number of aromatic nitrogens is 3. The molecular formula is C16H14ClFN6O3. The molecule has 1 aromatic carbocycles. The second kappa shape index (κ2) is 6.31. The number of hydrogen-bond donors (Lipinski definition) is 3. The molecule has 0 spiro atoms. The lowest BCUT2D eigenvalue weighted by atomic mass is 9.93. The second-order valence-electron chi connectivity index (χ2n) is 6.45. The molecule has 27 heavy (non-hydrogen) atoms. The first-order valence-corrected chi connectivity index (χ1v) is 8.56. The molecule has 11 heteroatoms. The van der Waals surface area contributed by atoms with Crippen LogP contribution in [0.25, 0.3) is 5.69 Å². The fourth-order valence-corrected chi connectivity index (χ4v) is 3.23. The summed E-state index contributed by atoms with van der Waals surface area (Å²) >= 11 is 5.71. The molecule has 1 aliphatic carbocycles. The molecule has 4 rings (SSSR count). The highest BCUT2D eigenvalue weighted by Crippen LogP contribution is 2.41. The van der Waals surface area contributed by atoms with Gasteiger partial charge in [-0.1, -0.05) is 11.6 Å². The highest BCUT2D eigenvalue weighted by atomic mass is 35.5. The third-order valence-electron chi connectivity index (χ3n) is 4.62. The second-order valence-corrected chi connectivity index (χ2v) is 6.89. The Morgan fingerprint density at radius 1 is 1.41 bits per heavy atom. The van der Waals surface area contributed by atoms with Crippen LogP contribution in [0.4, 0.5) is 9.18 Å². The van der Waals surface area contributed by atoms with Gasteiger partial charge in [-0.2, -0.15) is 5.10 Å². The maximum Gasteiger partial charge on any atom is 0.322 e. The third kappa shape index (κ3) is 3.12.